The molecule has 0 aliphatic carbocycles. The van der Waals surface area contributed by atoms with Crippen molar-refractivity contribution in [1.82, 2.24) is 0 Å². The molecule has 0 atom stereocenters. The molecule has 0 aromatic rings. The maximum absolute atomic E-state index is 11.5. The highest BCUT2D eigenvalue weighted by Crippen LogP contribution is 2.16. The molecule has 0 saturated carbocycles. The highest BCUT2D eigenvalue weighted by molar-refractivity contribution is 4.88. The van der Waals surface area contributed by atoms with Crippen LogP contribution in [0.15, 0.2) is 12.2 Å². The number of hydrogen-bond acceptors (Lipinski definition) is 0. The highest BCUT2D eigenvalue weighted by Gasteiger charge is 2.21. The highest BCUT2D eigenvalue weighted by atomic mass is 19.4. The van der Waals surface area contributed by atoms with Gasteiger partial charge in [0.2, 0.25) is 0 Å². The minimum Gasteiger partial charge on any atom is -0.167 e. The molecule has 0 spiro atoms. The molecule has 0 rings (SSSR count). The van der Waals surface area contributed by atoms with Crippen LogP contribution in [0.25, 0.3) is 0 Å². The van der Waals surface area contributed by atoms with Gasteiger partial charge in [0.1, 0.15) is 0 Å². The van der Waals surface area contributed by atoms with Crippen LogP contribution in [0.1, 0.15) is 39.0 Å². The standard InChI is InChI=1S/C9H15F3/c1-2-3-4-5-6-7-8-9(10,11)12/h7-8H,2-6H2,1H3/b8-7-. The number of rotatable bonds is 5. The summed E-state index contributed by atoms with van der Waals surface area (Å²) < 4.78 is 34.6. The van der Waals surface area contributed by atoms with Crippen molar-refractivity contribution in [3.8, 4) is 0 Å². The van der Waals surface area contributed by atoms with E-state index in [4.69, 9.17) is 0 Å². The van der Waals surface area contributed by atoms with E-state index in [1.165, 1.54) is 6.08 Å². The normalized spacial score (nSPS) is 12.7. The average molecular weight is 180 g/mol. The first-order valence-electron chi connectivity index (χ1n) is 4.30. The van der Waals surface area contributed by atoms with Crippen molar-refractivity contribution in [2.45, 2.75) is 45.2 Å². The molecule has 0 aromatic heterocycles. The monoisotopic (exact) mass is 180 g/mol. The van der Waals surface area contributed by atoms with Gasteiger partial charge in [0.15, 0.2) is 0 Å². The topological polar surface area (TPSA) is 0 Å². The Balaban J connectivity index is 3.25. The lowest BCUT2D eigenvalue weighted by atomic mass is 10.1. The fourth-order valence-electron chi connectivity index (χ4n) is 0.906. The molecule has 0 saturated heterocycles. The summed E-state index contributed by atoms with van der Waals surface area (Å²) in [6, 6.07) is 0. The molecule has 0 aromatic carbocycles. The Labute approximate surface area is 71.5 Å². The van der Waals surface area contributed by atoms with Gasteiger partial charge in [0.25, 0.3) is 0 Å². The van der Waals surface area contributed by atoms with Crippen molar-refractivity contribution in [2.24, 2.45) is 0 Å². The summed E-state index contributed by atoms with van der Waals surface area (Å²) in [6.07, 6.45) is 2.04. The Morgan fingerprint density at radius 1 is 1.08 bits per heavy atom. The molecule has 0 aliphatic heterocycles. The van der Waals surface area contributed by atoms with Crippen LogP contribution in [0, 0.1) is 0 Å². The first-order chi connectivity index (χ1) is 5.56. The Morgan fingerprint density at radius 3 is 2.25 bits per heavy atom. The molecule has 0 radical (unpaired) electrons. The van der Waals surface area contributed by atoms with Gasteiger partial charge in [0.05, 0.1) is 0 Å². The van der Waals surface area contributed by atoms with Crippen LogP contribution in [0.4, 0.5) is 13.2 Å². The van der Waals surface area contributed by atoms with Crippen LogP contribution in [0.3, 0.4) is 0 Å². The Bertz CT molecular complexity index is 124. The Hall–Kier alpha value is -0.470. The lowest BCUT2D eigenvalue weighted by Crippen LogP contribution is -2.00. The van der Waals surface area contributed by atoms with Crippen LogP contribution < -0.4 is 0 Å². The fourth-order valence-corrected chi connectivity index (χ4v) is 0.906. The van der Waals surface area contributed by atoms with Crippen LogP contribution >= 0.6 is 0 Å². The summed E-state index contributed by atoms with van der Waals surface area (Å²) in [7, 11) is 0. The van der Waals surface area contributed by atoms with E-state index in [0.717, 1.165) is 25.7 Å². The lowest BCUT2D eigenvalue weighted by molar-refractivity contribution is -0.0800. The van der Waals surface area contributed by atoms with Gasteiger partial charge in [-0.1, -0.05) is 32.3 Å². The van der Waals surface area contributed by atoms with E-state index in [2.05, 4.69) is 6.92 Å². The van der Waals surface area contributed by atoms with Gasteiger partial charge >= 0.3 is 6.18 Å². The quantitative estimate of drug-likeness (QED) is 0.442. The molecule has 0 N–H and O–H groups in total. The predicted octanol–water partition coefficient (Wildman–Crippen LogP) is 4.08. The van der Waals surface area contributed by atoms with Crippen molar-refractivity contribution in [3.63, 3.8) is 0 Å². The summed E-state index contributed by atoms with van der Waals surface area (Å²) in [4.78, 5) is 0. The SMILES string of the molecule is CCCCCC/C=C\C(F)(F)F. The van der Waals surface area contributed by atoms with E-state index < -0.39 is 6.18 Å². The Morgan fingerprint density at radius 2 is 1.75 bits per heavy atom. The summed E-state index contributed by atoms with van der Waals surface area (Å²) in [5.41, 5.74) is 0. The first kappa shape index (κ1) is 11.5. The largest absolute Gasteiger partial charge is 0.409 e. The fraction of sp³-hybridized carbons (Fsp3) is 0.778. The van der Waals surface area contributed by atoms with Crippen LogP contribution in [-0.4, -0.2) is 6.18 Å². The second-order valence-corrected chi connectivity index (χ2v) is 2.79. The van der Waals surface area contributed by atoms with E-state index in [0.29, 0.717) is 12.5 Å². The summed E-state index contributed by atoms with van der Waals surface area (Å²) in [6.45, 7) is 2.07. The second kappa shape index (κ2) is 6.09. The van der Waals surface area contributed by atoms with Crippen molar-refractivity contribution < 1.29 is 13.2 Å². The minimum atomic E-state index is -4.13. The number of alkyl halides is 3. The molecule has 0 unspecified atom stereocenters. The number of hydrogen-bond donors (Lipinski definition) is 0. The summed E-state index contributed by atoms with van der Waals surface area (Å²) in [5.74, 6) is 0. The third-order valence-corrected chi connectivity index (χ3v) is 1.53. The van der Waals surface area contributed by atoms with Crippen LogP contribution in [0.5, 0.6) is 0 Å². The van der Waals surface area contributed by atoms with Crippen molar-refractivity contribution in [3.05, 3.63) is 12.2 Å². The van der Waals surface area contributed by atoms with E-state index in [1.807, 2.05) is 0 Å². The summed E-state index contributed by atoms with van der Waals surface area (Å²) in [5, 5.41) is 0. The van der Waals surface area contributed by atoms with E-state index in [9.17, 15) is 13.2 Å². The lowest BCUT2D eigenvalue weighted by Gasteiger charge is -1.97. The van der Waals surface area contributed by atoms with Gasteiger partial charge in [-0.25, -0.2) is 0 Å². The first-order valence-corrected chi connectivity index (χ1v) is 4.30. The van der Waals surface area contributed by atoms with Crippen molar-refractivity contribution >= 4 is 0 Å². The Kier molecular flexibility index (Phi) is 5.85. The van der Waals surface area contributed by atoms with Gasteiger partial charge in [-0.05, 0) is 12.8 Å². The number of halogens is 3. The molecule has 72 valence electrons. The molecule has 0 nitrogen and oxygen atoms in total. The zero-order valence-corrected chi connectivity index (χ0v) is 7.32. The van der Waals surface area contributed by atoms with E-state index in [1.54, 1.807) is 0 Å². The molecule has 0 fully saturated rings. The smallest absolute Gasteiger partial charge is 0.167 e. The predicted molar refractivity (Wildman–Crippen MR) is 44.0 cm³/mol. The number of allylic oxidation sites excluding steroid dienone is 2. The molecule has 0 aliphatic rings. The summed E-state index contributed by atoms with van der Waals surface area (Å²) >= 11 is 0. The van der Waals surface area contributed by atoms with E-state index >= 15 is 0 Å². The van der Waals surface area contributed by atoms with Crippen molar-refractivity contribution in [2.75, 3.05) is 0 Å². The maximum atomic E-state index is 11.5. The molecule has 0 bridgehead atoms. The molecular formula is C9H15F3. The van der Waals surface area contributed by atoms with Crippen LogP contribution in [-0.2, 0) is 0 Å². The third-order valence-electron chi connectivity index (χ3n) is 1.53. The minimum absolute atomic E-state index is 0.318. The zero-order chi connectivity index (χ0) is 9.45. The molecule has 3 heteroatoms. The second-order valence-electron chi connectivity index (χ2n) is 2.79. The molecular weight excluding hydrogens is 165 g/mol. The van der Waals surface area contributed by atoms with Gasteiger partial charge in [0, 0.05) is 6.08 Å². The van der Waals surface area contributed by atoms with Gasteiger partial charge in [-0.2, -0.15) is 13.2 Å². The average Bonchev–Trinajstić information content (AvgIpc) is 1.94. The zero-order valence-electron chi connectivity index (χ0n) is 7.32. The molecule has 0 amide bonds. The molecule has 12 heavy (non-hydrogen) atoms. The van der Waals surface area contributed by atoms with Crippen molar-refractivity contribution in [1.29, 1.82) is 0 Å². The van der Waals surface area contributed by atoms with E-state index in [-0.39, 0.29) is 0 Å². The molecule has 0 heterocycles. The maximum Gasteiger partial charge on any atom is 0.409 e. The van der Waals surface area contributed by atoms with Gasteiger partial charge < -0.3 is 0 Å². The van der Waals surface area contributed by atoms with Gasteiger partial charge in [-0.15, -0.1) is 0 Å². The number of unbranched alkanes of at least 4 members (excludes halogenated alkanes) is 4. The van der Waals surface area contributed by atoms with Gasteiger partial charge in [-0.3, -0.25) is 0 Å². The third kappa shape index (κ3) is 9.53. The van der Waals surface area contributed by atoms with Crippen LogP contribution in [0.2, 0.25) is 0 Å².